The van der Waals surface area contributed by atoms with Crippen LogP contribution in [-0.2, 0) is 0 Å². The summed E-state index contributed by atoms with van der Waals surface area (Å²) in [6.07, 6.45) is 1.55. The van der Waals surface area contributed by atoms with Crippen LogP contribution in [0.3, 0.4) is 0 Å². The number of nitrogens with zero attached hydrogens (tertiary/aromatic N) is 3. The Morgan fingerprint density at radius 3 is 2.81 bits per heavy atom. The van der Waals surface area contributed by atoms with E-state index in [0.717, 1.165) is 5.56 Å². The van der Waals surface area contributed by atoms with Crippen LogP contribution in [0.1, 0.15) is 13.8 Å². The SMILES string of the molecule is [B]c1cnn2c(NCCNC(=O)NC(C)C)cc(-c3ccccc3Cl)nc12. The number of anilines is 1. The molecular formula is C18H20BClN6O. The van der Waals surface area contributed by atoms with Crippen molar-refractivity contribution in [3.63, 3.8) is 0 Å². The maximum Gasteiger partial charge on any atom is 0.315 e. The van der Waals surface area contributed by atoms with Gasteiger partial charge in [0.15, 0.2) is 5.65 Å². The fourth-order valence-electron chi connectivity index (χ4n) is 2.59. The Kier molecular flexibility index (Phi) is 5.86. The predicted octanol–water partition coefficient (Wildman–Crippen LogP) is 1.96. The van der Waals surface area contributed by atoms with Gasteiger partial charge in [-0.05, 0) is 25.4 Å². The van der Waals surface area contributed by atoms with Crippen molar-refractivity contribution in [2.24, 2.45) is 0 Å². The molecule has 0 aliphatic rings. The molecule has 2 amide bonds. The summed E-state index contributed by atoms with van der Waals surface area (Å²) in [6.45, 7) is 4.76. The first-order valence-electron chi connectivity index (χ1n) is 8.63. The Morgan fingerprint density at radius 1 is 1.30 bits per heavy atom. The lowest BCUT2D eigenvalue weighted by molar-refractivity contribution is 0.239. The predicted molar refractivity (Wildman–Crippen MR) is 109 cm³/mol. The van der Waals surface area contributed by atoms with Gasteiger partial charge >= 0.3 is 6.03 Å². The van der Waals surface area contributed by atoms with Crippen LogP contribution in [0, 0.1) is 0 Å². The highest BCUT2D eigenvalue weighted by molar-refractivity contribution is 6.36. The molecule has 0 saturated heterocycles. The van der Waals surface area contributed by atoms with Crippen molar-refractivity contribution >= 4 is 42.4 Å². The lowest BCUT2D eigenvalue weighted by Crippen LogP contribution is -2.41. The van der Waals surface area contributed by atoms with E-state index in [1.54, 1.807) is 10.7 Å². The molecule has 7 nitrogen and oxygen atoms in total. The van der Waals surface area contributed by atoms with Crippen LogP contribution in [0.4, 0.5) is 10.6 Å². The molecule has 0 fully saturated rings. The molecular weight excluding hydrogens is 363 g/mol. The van der Waals surface area contributed by atoms with Gasteiger partial charge in [-0.2, -0.15) is 9.61 Å². The Balaban J connectivity index is 1.80. The zero-order valence-electron chi connectivity index (χ0n) is 15.2. The molecule has 0 saturated carbocycles. The van der Waals surface area contributed by atoms with E-state index in [1.807, 2.05) is 44.2 Å². The maximum atomic E-state index is 11.6. The third-order valence-electron chi connectivity index (χ3n) is 3.79. The van der Waals surface area contributed by atoms with Gasteiger partial charge in [-0.3, -0.25) is 0 Å². The molecule has 0 bridgehead atoms. The maximum absolute atomic E-state index is 11.6. The number of carbonyl (C=O) groups excluding carboxylic acids is 1. The summed E-state index contributed by atoms with van der Waals surface area (Å²) in [5.41, 5.74) is 2.51. The highest BCUT2D eigenvalue weighted by Gasteiger charge is 2.12. The number of rotatable bonds is 6. The van der Waals surface area contributed by atoms with Crippen molar-refractivity contribution in [1.29, 1.82) is 0 Å². The minimum absolute atomic E-state index is 0.0861. The van der Waals surface area contributed by atoms with Crippen molar-refractivity contribution in [2.45, 2.75) is 19.9 Å². The number of amides is 2. The average molecular weight is 383 g/mol. The number of urea groups is 1. The van der Waals surface area contributed by atoms with Crippen LogP contribution in [0.2, 0.25) is 5.02 Å². The van der Waals surface area contributed by atoms with Gasteiger partial charge in [-0.25, -0.2) is 9.78 Å². The summed E-state index contributed by atoms with van der Waals surface area (Å²) in [5.74, 6) is 0.706. The number of hydrogen-bond acceptors (Lipinski definition) is 4. The van der Waals surface area contributed by atoms with Crippen LogP contribution in [0.5, 0.6) is 0 Å². The number of fused-ring (bicyclic) bond motifs is 1. The number of hydrogen-bond donors (Lipinski definition) is 3. The van der Waals surface area contributed by atoms with Gasteiger partial charge in [0.05, 0.1) is 5.69 Å². The Morgan fingerprint density at radius 2 is 2.07 bits per heavy atom. The average Bonchev–Trinajstić information content (AvgIpc) is 2.99. The van der Waals surface area contributed by atoms with Gasteiger partial charge in [0.1, 0.15) is 13.7 Å². The molecule has 9 heteroatoms. The van der Waals surface area contributed by atoms with Gasteiger partial charge in [0.2, 0.25) is 0 Å². The third-order valence-corrected chi connectivity index (χ3v) is 4.11. The Hall–Kier alpha value is -2.74. The summed E-state index contributed by atoms with van der Waals surface area (Å²) in [7, 11) is 6.00. The van der Waals surface area contributed by atoms with Crippen molar-refractivity contribution < 1.29 is 4.79 Å². The topological polar surface area (TPSA) is 83.3 Å². The van der Waals surface area contributed by atoms with Gasteiger partial charge in [0, 0.05) is 42.0 Å². The van der Waals surface area contributed by atoms with E-state index in [4.69, 9.17) is 19.4 Å². The molecule has 2 radical (unpaired) electrons. The highest BCUT2D eigenvalue weighted by atomic mass is 35.5. The molecule has 3 rings (SSSR count). The minimum Gasteiger partial charge on any atom is -0.368 e. The van der Waals surface area contributed by atoms with Gasteiger partial charge in [0.25, 0.3) is 0 Å². The fourth-order valence-corrected chi connectivity index (χ4v) is 2.83. The zero-order valence-corrected chi connectivity index (χ0v) is 15.9. The van der Waals surface area contributed by atoms with E-state index in [9.17, 15) is 4.79 Å². The molecule has 27 heavy (non-hydrogen) atoms. The van der Waals surface area contributed by atoms with E-state index < -0.39 is 0 Å². The molecule has 3 aromatic rings. The second kappa shape index (κ2) is 8.31. The first-order chi connectivity index (χ1) is 13.0. The molecule has 0 atom stereocenters. The van der Waals surface area contributed by atoms with Crippen LogP contribution in [-0.4, -0.2) is 47.6 Å². The third kappa shape index (κ3) is 4.52. The normalized spacial score (nSPS) is 11.0. The monoisotopic (exact) mass is 382 g/mol. The van der Waals surface area contributed by atoms with Crippen LogP contribution in [0.15, 0.2) is 36.5 Å². The van der Waals surface area contributed by atoms with Gasteiger partial charge < -0.3 is 16.0 Å². The quantitative estimate of drug-likeness (QED) is 0.449. The highest BCUT2D eigenvalue weighted by Crippen LogP contribution is 2.28. The molecule has 0 aliphatic heterocycles. The Labute approximate surface area is 163 Å². The molecule has 2 heterocycles. The molecule has 0 spiro atoms. The number of aromatic nitrogens is 3. The standard InChI is InChI=1S/C18H20BClN6O/c1-11(2)24-18(27)22-8-7-21-16-9-15(12-5-3-4-6-14(12)20)25-17-13(19)10-23-26(16)17/h3-6,9-11,21H,7-8H2,1-2H3,(H2,22,24,27). The zero-order chi connectivity index (χ0) is 19.4. The van der Waals surface area contributed by atoms with E-state index in [2.05, 4.69) is 26.0 Å². The van der Waals surface area contributed by atoms with Crippen molar-refractivity contribution in [2.75, 3.05) is 18.4 Å². The molecule has 3 N–H and O–H groups in total. The summed E-state index contributed by atoms with van der Waals surface area (Å²) >= 11 is 6.31. The lowest BCUT2D eigenvalue weighted by Gasteiger charge is -2.13. The first-order valence-corrected chi connectivity index (χ1v) is 9.01. The van der Waals surface area contributed by atoms with Crippen molar-refractivity contribution in [3.05, 3.63) is 41.6 Å². The van der Waals surface area contributed by atoms with E-state index in [0.29, 0.717) is 40.7 Å². The lowest BCUT2D eigenvalue weighted by atomic mass is 10.0. The van der Waals surface area contributed by atoms with Crippen LogP contribution < -0.4 is 21.4 Å². The van der Waals surface area contributed by atoms with Gasteiger partial charge in [-0.15, -0.1) is 0 Å². The summed E-state index contributed by atoms with van der Waals surface area (Å²) in [5, 5.41) is 13.7. The van der Waals surface area contributed by atoms with Crippen LogP contribution in [0.25, 0.3) is 16.9 Å². The van der Waals surface area contributed by atoms with Crippen molar-refractivity contribution in [3.8, 4) is 11.3 Å². The molecule has 0 aliphatic carbocycles. The van der Waals surface area contributed by atoms with E-state index in [1.165, 1.54) is 0 Å². The molecule has 1 aromatic carbocycles. The summed E-state index contributed by atoms with van der Waals surface area (Å²) < 4.78 is 1.63. The van der Waals surface area contributed by atoms with E-state index >= 15 is 0 Å². The number of halogens is 1. The smallest absolute Gasteiger partial charge is 0.315 e. The first kappa shape index (κ1) is 19.0. The van der Waals surface area contributed by atoms with Crippen molar-refractivity contribution in [1.82, 2.24) is 25.2 Å². The molecule has 138 valence electrons. The fraction of sp³-hybridized carbons (Fsp3) is 0.278. The second-order valence-electron chi connectivity index (χ2n) is 6.32. The largest absolute Gasteiger partial charge is 0.368 e. The number of nitrogens with one attached hydrogen (secondary N) is 3. The summed E-state index contributed by atoms with van der Waals surface area (Å²) in [4.78, 5) is 16.2. The number of benzene rings is 1. The molecule has 2 aromatic heterocycles. The second-order valence-corrected chi connectivity index (χ2v) is 6.73. The van der Waals surface area contributed by atoms with Gasteiger partial charge in [-0.1, -0.05) is 29.8 Å². The minimum atomic E-state index is -0.202. The number of carbonyl (C=O) groups is 1. The molecule has 0 unspecified atom stereocenters. The Bertz CT molecular complexity index is 958. The summed E-state index contributed by atoms with van der Waals surface area (Å²) in [6, 6.07) is 9.22. The van der Waals surface area contributed by atoms with Crippen LogP contribution >= 0.6 is 11.6 Å². The van der Waals surface area contributed by atoms with E-state index in [-0.39, 0.29) is 12.1 Å².